The van der Waals surface area contributed by atoms with E-state index in [2.05, 4.69) is 4.98 Å². The van der Waals surface area contributed by atoms with E-state index in [-0.39, 0.29) is 23.5 Å². The first kappa shape index (κ1) is 18.6. The minimum absolute atomic E-state index is 0.0509. The van der Waals surface area contributed by atoms with Crippen LogP contribution in [-0.4, -0.2) is 48.3 Å². The second kappa shape index (κ2) is 7.58. The van der Waals surface area contributed by atoms with E-state index in [4.69, 9.17) is 0 Å². The smallest absolute Gasteiger partial charge is 0.236 e. The lowest BCUT2D eigenvalue weighted by atomic mass is 9.89. The molecule has 0 spiro atoms. The van der Waals surface area contributed by atoms with E-state index in [1.165, 1.54) is 0 Å². The summed E-state index contributed by atoms with van der Waals surface area (Å²) in [5, 5.41) is 0. The number of pyridine rings is 1. The predicted octanol–water partition coefficient (Wildman–Crippen LogP) is 2.56. The molecule has 0 radical (unpaired) electrons. The molecule has 2 atom stereocenters. The minimum atomic E-state index is -3.06. The molecule has 2 unspecified atom stereocenters. The average Bonchev–Trinajstić information content (AvgIpc) is 2.98. The number of likely N-dealkylation sites (N-methyl/N-ethyl adjacent to an activating group) is 1. The van der Waals surface area contributed by atoms with Gasteiger partial charge in [0.25, 0.3) is 0 Å². The van der Waals surface area contributed by atoms with Gasteiger partial charge in [-0.05, 0) is 43.5 Å². The third kappa shape index (κ3) is 3.80. The van der Waals surface area contributed by atoms with Gasteiger partial charge in [-0.25, -0.2) is 8.42 Å². The summed E-state index contributed by atoms with van der Waals surface area (Å²) in [5.41, 5.74) is 2.62. The van der Waals surface area contributed by atoms with Gasteiger partial charge in [0, 0.05) is 18.8 Å². The van der Waals surface area contributed by atoms with Crippen molar-refractivity contribution in [1.82, 2.24) is 9.88 Å². The average molecular weight is 372 g/mol. The summed E-state index contributed by atoms with van der Waals surface area (Å²) in [7, 11) is -3.06. The SMILES string of the molecule is CCN(C(=O)C(c1ccccn1)c1ccccc1C)C1CCS(=O)(=O)C1. The number of rotatable bonds is 5. The molecule has 2 aromatic rings. The maximum absolute atomic E-state index is 13.5. The van der Waals surface area contributed by atoms with Crippen molar-refractivity contribution < 1.29 is 13.2 Å². The summed E-state index contributed by atoms with van der Waals surface area (Å²) in [6.07, 6.45) is 2.19. The van der Waals surface area contributed by atoms with Gasteiger partial charge in [-0.2, -0.15) is 0 Å². The molecule has 5 nitrogen and oxygen atoms in total. The number of carbonyl (C=O) groups excluding carboxylic acids is 1. The summed E-state index contributed by atoms with van der Waals surface area (Å²) in [6, 6.07) is 13.1. The van der Waals surface area contributed by atoms with Crippen LogP contribution in [0.3, 0.4) is 0 Å². The molecular weight excluding hydrogens is 348 g/mol. The van der Waals surface area contributed by atoms with E-state index in [1.807, 2.05) is 56.3 Å². The number of sulfone groups is 1. The van der Waals surface area contributed by atoms with Crippen molar-refractivity contribution in [2.24, 2.45) is 0 Å². The molecule has 1 amide bonds. The number of hydrogen-bond donors (Lipinski definition) is 0. The van der Waals surface area contributed by atoms with Crippen LogP contribution in [-0.2, 0) is 14.6 Å². The number of amides is 1. The molecular formula is C20H24N2O3S. The van der Waals surface area contributed by atoms with Gasteiger partial charge >= 0.3 is 0 Å². The monoisotopic (exact) mass is 372 g/mol. The van der Waals surface area contributed by atoms with Crippen LogP contribution >= 0.6 is 0 Å². The first-order valence-electron chi connectivity index (χ1n) is 8.90. The van der Waals surface area contributed by atoms with Gasteiger partial charge in [0.05, 0.1) is 17.2 Å². The van der Waals surface area contributed by atoms with E-state index >= 15 is 0 Å². The molecule has 6 heteroatoms. The molecule has 138 valence electrons. The second-order valence-electron chi connectivity index (χ2n) is 6.73. The highest BCUT2D eigenvalue weighted by Gasteiger charge is 2.37. The van der Waals surface area contributed by atoms with E-state index in [1.54, 1.807) is 11.1 Å². The van der Waals surface area contributed by atoms with Crippen LogP contribution in [0.25, 0.3) is 0 Å². The summed E-state index contributed by atoms with van der Waals surface area (Å²) < 4.78 is 23.8. The Labute approximate surface area is 155 Å². The number of aryl methyl sites for hydroxylation is 1. The molecule has 1 aromatic heterocycles. The molecule has 0 saturated carbocycles. The van der Waals surface area contributed by atoms with E-state index < -0.39 is 15.8 Å². The predicted molar refractivity (Wildman–Crippen MR) is 102 cm³/mol. The Morgan fingerprint density at radius 2 is 1.96 bits per heavy atom. The Hall–Kier alpha value is -2.21. The number of aromatic nitrogens is 1. The van der Waals surface area contributed by atoms with Gasteiger partial charge in [-0.3, -0.25) is 9.78 Å². The highest BCUT2D eigenvalue weighted by atomic mass is 32.2. The lowest BCUT2D eigenvalue weighted by molar-refractivity contribution is -0.133. The standard InChI is InChI=1S/C20H24N2O3S/c1-3-22(16-11-13-26(24,25)14-16)20(23)19(18-10-6-7-12-21-18)17-9-5-4-8-15(17)2/h4-10,12,16,19H,3,11,13-14H2,1-2H3. The molecule has 0 bridgehead atoms. The zero-order valence-electron chi connectivity index (χ0n) is 15.1. The molecule has 3 rings (SSSR count). The first-order valence-corrected chi connectivity index (χ1v) is 10.7. The highest BCUT2D eigenvalue weighted by Crippen LogP contribution is 2.30. The molecule has 1 aromatic carbocycles. The summed E-state index contributed by atoms with van der Waals surface area (Å²) in [4.78, 5) is 19.7. The van der Waals surface area contributed by atoms with Crippen LogP contribution in [0.15, 0.2) is 48.7 Å². The summed E-state index contributed by atoms with van der Waals surface area (Å²) >= 11 is 0. The number of hydrogen-bond acceptors (Lipinski definition) is 4. The van der Waals surface area contributed by atoms with Crippen molar-refractivity contribution in [2.45, 2.75) is 32.2 Å². The Bertz CT molecular complexity index is 881. The van der Waals surface area contributed by atoms with Crippen molar-refractivity contribution in [2.75, 3.05) is 18.1 Å². The molecule has 1 fully saturated rings. The quantitative estimate of drug-likeness (QED) is 0.809. The second-order valence-corrected chi connectivity index (χ2v) is 8.95. The third-order valence-corrected chi connectivity index (χ3v) is 6.75. The third-order valence-electron chi connectivity index (χ3n) is 5.00. The fourth-order valence-electron chi connectivity index (χ4n) is 3.66. The van der Waals surface area contributed by atoms with Crippen molar-refractivity contribution >= 4 is 15.7 Å². The number of benzene rings is 1. The summed E-state index contributed by atoms with van der Waals surface area (Å²) in [6.45, 7) is 4.36. The normalized spacial score (nSPS) is 19.8. The molecule has 1 saturated heterocycles. The van der Waals surface area contributed by atoms with Crippen LogP contribution in [0.4, 0.5) is 0 Å². The fourth-order valence-corrected chi connectivity index (χ4v) is 5.39. The molecule has 0 aliphatic carbocycles. The van der Waals surface area contributed by atoms with Gasteiger partial charge in [-0.15, -0.1) is 0 Å². The lowest BCUT2D eigenvalue weighted by Gasteiger charge is -2.31. The van der Waals surface area contributed by atoms with Crippen molar-refractivity contribution in [1.29, 1.82) is 0 Å². The van der Waals surface area contributed by atoms with Crippen LogP contribution in [0, 0.1) is 6.92 Å². The molecule has 0 N–H and O–H groups in total. The number of nitrogens with zero attached hydrogens (tertiary/aromatic N) is 2. The van der Waals surface area contributed by atoms with Crippen molar-refractivity contribution in [3.63, 3.8) is 0 Å². The largest absolute Gasteiger partial charge is 0.338 e. The topological polar surface area (TPSA) is 67.3 Å². The van der Waals surface area contributed by atoms with Crippen molar-refractivity contribution in [3.05, 3.63) is 65.5 Å². The Morgan fingerprint density at radius 3 is 2.54 bits per heavy atom. The zero-order chi connectivity index (χ0) is 18.7. The van der Waals surface area contributed by atoms with E-state index in [9.17, 15) is 13.2 Å². The first-order chi connectivity index (χ1) is 12.4. The zero-order valence-corrected chi connectivity index (χ0v) is 15.9. The van der Waals surface area contributed by atoms with E-state index in [0.29, 0.717) is 18.7 Å². The minimum Gasteiger partial charge on any atom is -0.338 e. The number of carbonyl (C=O) groups is 1. The maximum Gasteiger partial charge on any atom is 0.236 e. The van der Waals surface area contributed by atoms with Crippen LogP contribution in [0.1, 0.15) is 36.1 Å². The van der Waals surface area contributed by atoms with Crippen LogP contribution in [0.5, 0.6) is 0 Å². The van der Waals surface area contributed by atoms with Gasteiger partial charge in [0.2, 0.25) is 5.91 Å². The Morgan fingerprint density at radius 1 is 1.23 bits per heavy atom. The molecule has 2 heterocycles. The highest BCUT2D eigenvalue weighted by molar-refractivity contribution is 7.91. The fraction of sp³-hybridized carbons (Fsp3) is 0.400. The van der Waals surface area contributed by atoms with Crippen LogP contribution in [0.2, 0.25) is 0 Å². The van der Waals surface area contributed by atoms with Gasteiger partial charge in [-0.1, -0.05) is 30.3 Å². The molecule has 1 aliphatic rings. The van der Waals surface area contributed by atoms with Gasteiger partial charge in [0.15, 0.2) is 9.84 Å². The van der Waals surface area contributed by atoms with Gasteiger partial charge in [0.1, 0.15) is 5.92 Å². The Balaban J connectivity index is 2.01. The van der Waals surface area contributed by atoms with Crippen molar-refractivity contribution in [3.8, 4) is 0 Å². The van der Waals surface area contributed by atoms with Gasteiger partial charge < -0.3 is 4.90 Å². The maximum atomic E-state index is 13.5. The Kier molecular flexibility index (Phi) is 5.41. The molecule has 1 aliphatic heterocycles. The molecule has 26 heavy (non-hydrogen) atoms. The van der Waals surface area contributed by atoms with E-state index in [0.717, 1.165) is 11.1 Å². The summed E-state index contributed by atoms with van der Waals surface area (Å²) in [5.74, 6) is -0.404. The van der Waals surface area contributed by atoms with Crippen LogP contribution < -0.4 is 0 Å². The lowest BCUT2D eigenvalue weighted by Crippen LogP contribution is -2.44.